The fourth-order valence-corrected chi connectivity index (χ4v) is 3.36. The first-order valence-electron chi connectivity index (χ1n) is 8.77. The first-order chi connectivity index (χ1) is 12.1. The molecule has 2 aliphatic heterocycles. The molecular formula is C18H24N4O3. The molecule has 2 heterocycles. The Bertz CT molecular complexity index is 649. The number of benzene rings is 1. The van der Waals surface area contributed by atoms with E-state index in [2.05, 4.69) is 10.6 Å². The van der Waals surface area contributed by atoms with Gasteiger partial charge in [-0.15, -0.1) is 0 Å². The second-order valence-corrected chi connectivity index (χ2v) is 6.49. The van der Waals surface area contributed by atoms with Crippen LogP contribution < -0.4 is 10.6 Å². The molecule has 134 valence electrons. The molecular weight excluding hydrogens is 320 g/mol. The highest BCUT2D eigenvalue weighted by atomic mass is 16.2. The summed E-state index contributed by atoms with van der Waals surface area (Å²) in [6, 6.07) is 8.44. The van der Waals surface area contributed by atoms with E-state index < -0.39 is 12.1 Å². The predicted octanol–water partition coefficient (Wildman–Crippen LogP) is 0.707. The summed E-state index contributed by atoms with van der Waals surface area (Å²) >= 11 is 0. The van der Waals surface area contributed by atoms with Crippen LogP contribution in [0, 0.1) is 0 Å². The van der Waals surface area contributed by atoms with Gasteiger partial charge >= 0.3 is 6.03 Å². The van der Waals surface area contributed by atoms with Gasteiger partial charge in [-0.2, -0.15) is 0 Å². The quantitative estimate of drug-likeness (QED) is 0.844. The van der Waals surface area contributed by atoms with E-state index in [0.717, 1.165) is 12.0 Å². The van der Waals surface area contributed by atoms with Gasteiger partial charge in [0.15, 0.2) is 0 Å². The van der Waals surface area contributed by atoms with E-state index in [-0.39, 0.29) is 24.4 Å². The van der Waals surface area contributed by atoms with Gasteiger partial charge in [-0.3, -0.25) is 9.59 Å². The maximum atomic E-state index is 12.5. The fourth-order valence-electron chi connectivity index (χ4n) is 3.36. The van der Waals surface area contributed by atoms with Crippen LogP contribution in [-0.4, -0.2) is 59.4 Å². The van der Waals surface area contributed by atoms with Crippen molar-refractivity contribution in [3.63, 3.8) is 0 Å². The third-order valence-corrected chi connectivity index (χ3v) is 4.73. The van der Waals surface area contributed by atoms with Crippen LogP contribution in [0.25, 0.3) is 0 Å². The highest BCUT2D eigenvalue weighted by Gasteiger charge is 2.43. The van der Waals surface area contributed by atoms with Gasteiger partial charge in [-0.05, 0) is 12.0 Å². The van der Waals surface area contributed by atoms with Crippen molar-refractivity contribution in [2.75, 3.05) is 19.6 Å². The van der Waals surface area contributed by atoms with Crippen molar-refractivity contribution in [2.24, 2.45) is 0 Å². The van der Waals surface area contributed by atoms with Gasteiger partial charge in [0.2, 0.25) is 11.8 Å². The summed E-state index contributed by atoms with van der Waals surface area (Å²) < 4.78 is 0. The molecule has 0 aromatic heterocycles. The lowest BCUT2D eigenvalue weighted by molar-refractivity contribution is -0.152. The average molecular weight is 344 g/mol. The van der Waals surface area contributed by atoms with Crippen LogP contribution in [0.2, 0.25) is 0 Å². The maximum Gasteiger partial charge on any atom is 0.317 e. The second kappa shape index (κ2) is 7.55. The molecule has 0 saturated carbocycles. The average Bonchev–Trinajstić information content (AvgIpc) is 2.64. The lowest BCUT2D eigenvalue weighted by atomic mass is 10.0. The minimum absolute atomic E-state index is 0.0317. The van der Waals surface area contributed by atoms with E-state index >= 15 is 0 Å². The van der Waals surface area contributed by atoms with E-state index in [4.69, 9.17) is 0 Å². The number of hydrogen-bond acceptors (Lipinski definition) is 3. The number of carbonyl (C=O) groups is 3. The summed E-state index contributed by atoms with van der Waals surface area (Å²) in [5, 5.41) is 5.67. The van der Waals surface area contributed by atoms with Crippen LogP contribution in [0.5, 0.6) is 0 Å². The molecule has 2 aliphatic rings. The van der Waals surface area contributed by atoms with E-state index in [0.29, 0.717) is 26.1 Å². The molecule has 3 rings (SSSR count). The van der Waals surface area contributed by atoms with Crippen molar-refractivity contribution in [1.29, 1.82) is 0 Å². The molecule has 0 spiro atoms. The molecule has 7 nitrogen and oxygen atoms in total. The molecule has 0 unspecified atom stereocenters. The second-order valence-electron chi connectivity index (χ2n) is 6.49. The van der Waals surface area contributed by atoms with Gasteiger partial charge in [0.25, 0.3) is 0 Å². The van der Waals surface area contributed by atoms with E-state index in [1.807, 2.05) is 37.3 Å². The number of urea groups is 1. The summed E-state index contributed by atoms with van der Waals surface area (Å²) in [5.74, 6) is -0.200. The Hall–Kier alpha value is -2.57. The van der Waals surface area contributed by atoms with Gasteiger partial charge < -0.3 is 20.4 Å². The van der Waals surface area contributed by atoms with E-state index in [1.54, 1.807) is 9.80 Å². The van der Waals surface area contributed by atoms with Crippen molar-refractivity contribution in [2.45, 2.75) is 38.4 Å². The van der Waals surface area contributed by atoms with Crippen molar-refractivity contribution < 1.29 is 14.4 Å². The lowest BCUT2D eigenvalue weighted by Gasteiger charge is -2.45. The molecule has 1 aromatic rings. The standard InChI is InChI=1S/C18H24N4O3/c1-2-6-14-17(24)22-10-9-21(12-15(22)16(23)20-14)18(25)19-11-13-7-4-3-5-8-13/h3-5,7-8,14-15H,2,6,9-12H2,1H3,(H,19,25)(H,20,23)/t14-,15+/m0/s1. The Morgan fingerprint density at radius 2 is 2.00 bits per heavy atom. The largest absolute Gasteiger partial charge is 0.342 e. The van der Waals surface area contributed by atoms with Crippen LogP contribution >= 0.6 is 0 Å². The number of rotatable bonds is 4. The first-order valence-corrected chi connectivity index (χ1v) is 8.77. The number of fused-ring (bicyclic) bond motifs is 1. The third kappa shape index (κ3) is 3.75. The number of piperazine rings is 2. The smallest absolute Gasteiger partial charge is 0.317 e. The van der Waals surface area contributed by atoms with Gasteiger partial charge in [-0.25, -0.2) is 4.79 Å². The Labute approximate surface area is 147 Å². The monoisotopic (exact) mass is 344 g/mol. The molecule has 0 bridgehead atoms. The van der Waals surface area contributed by atoms with Crippen molar-refractivity contribution in [3.8, 4) is 0 Å². The Balaban J connectivity index is 1.58. The maximum absolute atomic E-state index is 12.5. The molecule has 2 fully saturated rings. The topological polar surface area (TPSA) is 81.8 Å². The number of amides is 4. The molecule has 1 aromatic carbocycles. The molecule has 7 heteroatoms. The van der Waals surface area contributed by atoms with Crippen molar-refractivity contribution in [1.82, 2.24) is 20.4 Å². The zero-order valence-corrected chi connectivity index (χ0v) is 14.4. The van der Waals surface area contributed by atoms with Gasteiger partial charge in [0.05, 0.1) is 6.54 Å². The van der Waals surface area contributed by atoms with Crippen LogP contribution in [-0.2, 0) is 16.1 Å². The van der Waals surface area contributed by atoms with Crippen molar-refractivity contribution >= 4 is 17.8 Å². The van der Waals surface area contributed by atoms with Gasteiger partial charge in [0.1, 0.15) is 12.1 Å². The van der Waals surface area contributed by atoms with Crippen LogP contribution in [0.15, 0.2) is 30.3 Å². The van der Waals surface area contributed by atoms with E-state index in [9.17, 15) is 14.4 Å². The molecule has 4 amide bonds. The highest BCUT2D eigenvalue weighted by molar-refractivity contribution is 5.97. The Kier molecular flexibility index (Phi) is 5.21. The number of nitrogens with zero attached hydrogens (tertiary/aromatic N) is 2. The highest BCUT2D eigenvalue weighted by Crippen LogP contribution is 2.18. The summed E-state index contributed by atoms with van der Waals surface area (Å²) in [6.45, 7) is 3.50. The fraction of sp³-hybridized carbons (Fsp3) is 0.500. The van der Waals surface area contributed by atoms with Crippen LogP contribution in [0.3, 0.4) is 0 Å². The van der Waals surface area contributed by atoms with E-state index in [1.165, 1.54) is 0 Å². The molecule has 25 heavy (non-hydrogen) atoms. The molecule has 2 atom stereocenters. The summed E-state index contributed by atoms with van der Waals surface area (Å²) in [5.41, 5.74) is 1.02. The zero-order valence-electron chi connectivity index (χ0n) is 14.4. The summed E-state index contributed by atoms with van der Waals surface area (Å²) in [6.07, 6.45) is 1.48. The van der Waals surface area contributed by atoms with Crippen molar-refractivity contribution in [3.05, 3.63) is 35.9 Å². The SMILES string of the molecule is CCC[C@@H]1NC(=O)[C@H]2CN(C(=O)NCc3ccccc3)CCN2C1=O. The number of hydrogen-bond donors (Lipinski definition) is 2. The zero-order chi connectivity index (χ0) is 17.8. The number of nitrogens with one attached hydrogen (secondary N) is 2. The Morgan fingerprint density at radius 3 is 2.72 bits per heavy atom. The Morgan fingerprint density at radius 1 is 1.24 bits per heavy atom. The van der Waals surface area contributed by atoms with Gasteiger partial charge in [0, 0.05) is 19.6 Å². The predicted molar refractivity (Wildman–Crippen MR) is 92.6 cm³/mol. The molecule has 2 saturated heterocycles. The minimum Gasteiger partial charge on any atom is -0.342 e. The third-order valence-electron chi connectivity index (χ3n) is 4.73. The molecule has 2 N–H and O–H groups in total. The normalized spacial score (nSPS) is 23.1. The lowest BCUT2D eigenvalue weighted by Crippen LogP contribution is -2.70. The van der Waals surface area contributed by atoms with Crippen LogP contribution in [0.4, 0.5) is 4.79 Å². The molecule has 0 aliphatic carbocycles. The summed E-state index contributed by atoms with van der Waals surface area (Å²) in [4.78, 5) is 40.4. The minimum atomic E-state index is -0.586. The number of carbonyl (C=O) groups excluding carboxylic acids is 3. The summed E-state index contributed by atoms with van der Waals surface area (Å²) in [7, 11) is 0. The van der Waals surface area contributed by atoms with Gasteiger partial charge in [-0.1, -0.05) is 43.7 Å². The first kappa shape index (κ1) is 17.3. The molecule has 0 radical (unpaired) electrons. The van der Waals surface area contributed by atoms with Crippen LogP contribution in [0.1, 0.15) is 25.3 Å².